The van der Waals surface area contributed by atoms with Crippen LogP contribution in [-0.2, 0) is 19.1 Å². The summed E-state index contributed by atoms with van der Waals surface area (Å²) in [6.45, 7) is 4.29. The van der Waals surface area contributed by atoms with Crippen LogP contribution in [0.5, 0.6) is 0 Å². The van der Waals surface area contributed by atoms with Crippen LogP contribution in [-0.4, -0.2) is 26.2 Å². The first-order chi connectivity index (χ1) is 10.6. The van der Waals surface area contributed by atoms with Crippen molar-refractivity contribution in [1.29, 1.82) is 0 Å². The van der Waals surface area contributed by atoms with Crippen LogP contribution < -0.4 is 0 Å². The molecule has 0 N–H and O–H groups in total. The Balaban J connectivity index is 5.01. The standard InChI is InChI=1S/C18H32O4/c1-5-7-9-11-13-15(17(19)21-3)16(18(20)22-4)14-12-10-8-6-2/h5-14H2,1-4H3/b16-15-. The van der Waals surface area contributed by atoms with Gasteiger partial charge in [-0.25, -0.2) is 9.59 Å². The summed E-state index contributed by atoms with van der Waals surface area (Å²) in [5, 5.41) is 0. The van der Waals surface area contributed by atoms with Crippen molar-refractivity contribution in [3.63, 3.8) is 0 Å². The fourth-order valence-electron chi connectivity index (χ4n) is 2.46. The fraction of sp³-hybridized carbons (Fsp3) is 0.778. The maximum atomic E-state index is 12.0. The van der Waals surface area contributed by atoms with Crippen LogP contribution >= 0.6 is 0 Å². The third-order valence-corrected chi connectivity index (χ3v) is 3.79. The Kier molecular flexibility index (Phi) is 12.5. The summed E-state index contributed by atoms with van der Waals surface area (Å²) >= 11 is 0. The lowest BCUT2D eigenvalue weighted by Gasteiger charge is -2.12. The number of hydrogen-bond acceptors (Lipinski definition) is 4. The summed E-state index contributed by atoms with van der Waals surface area (Å²) < 4.78 is 9.74. The molecule has 0 spiro atoms. The Labute approximate surface area is 135 Å². The smallest absolute Gasteiger partial charge is 0.334 e. The van der Waals surface area contributed by atoms with Gasteiger partial charge in [-0.1, -0.05) is 52.4 Å². The van der Waals surface area contributed by atoms with E-state index >= 15 is 0 Å². The van der Waals surface area contributed by atoms with E-state index in [1.54, 1.807) is 0 Å². The second-order valence-corrected chi connectivity index (χ2v) is 5.56. The van der Waals surface area contributed by atoms with Gasteiger partial charge in [-0.2, -0.15) is 0 Å². The minimum Gasteiger partial charge on any atom is -0.466 e. The number of esters is 2. The van der Waals surface area contributed by atoms with Gasteiger partial charge in [-0.15, -0.1) is 0 Å². The molecule has 0 bridgehead atoms. The lowest BCUT2D eigenvalue weighted by Crippen LogP contribution is -2.15. The molecule has 0 aliphatic rings. The number of methoxy groups -OCH3 is 2. The van der Waals surface area contributed by atoms with Crippen LogP contribution in [0.15, 0.2) is 11.1 Å². The molecule has 0 radical (unpaired) electrons. The number of ether oxygens (including phenoxy) is 2. The van der Waals surface area contributed by atoms with Gasteiger partial charge in [0.25, 0.3) is 0 Å². The Morgan fingerprint density at radius 2 is 1.00 bits per heavy atom. The Bertz CT molecular complexity index is 324. The molecular weight excluding hydrogens is 280 g/mol. The Morgan fingerprint density at radius 3 is 1.27 bits per heavy atom. The molecule has 22 heavy (non-hydrogen) atoms. The van der Waals surface area contributed by atoms with E-state index in [0.717, 1.165) is 51.4 Å². The van der Waals surface area contributed by atoms with Gasteiger partial charge in [-0.05, 0) is 25.7 Å². The topological polar surface area (TPSA) is 52.6 Å². The number of unbranched alkanes of at least 4 members (excludes halogenated alkanes) is 6. The molecule has 0 aromatic heterocycles. The average Bonchev–Trinajstić information content (AvgIpc) is 2.54. The summed E-state index contributed by atoms with van der Waals surface area (Å²) in [5.41, 5.74) is 1.00. The van der Waals surface area contributed by atoms with Crippen LogP contribution in [0.2, 0.25) is 0 Å². The minimum atomic E-state index is -0.396. The lowest BCUT2D eigenvalue weighted by molar-refractivity contribution is -0.139. The van der Waals surface area contributed by atoms with E-state index in [9.17, 15) is 9.59 Å². The first-order valence-corrected chi connectivity index (χ1v) is 8.50. The van der Waals surface area contributed by atoms with E-state index < -0.39 is 11.9 Å². The number of carbonyl (C=O) groups is 2. The Morgan fingerprint density at radius 1 is 0.636 bits per heavy atom. The van der Waals surface area contributed by atoms with Crippen molar-refractivity contribution in [3.05, 3.63) is 11.1 Å². The second kappa shape index (κ2) is 13.4. The van der Waals surface area contributed by atoms with E-state index in [1.165, 1.54) is 14.2 Å². The minimum absolute atomic E-state index is 0.396. The SMILES string of the molecule is CCCCCC/C(C(=O)OC)=C(\CCCCCC)C(=O)OC. The van der Waals surface area contributed by atoms with Crippen molar-refractivity contribution in [2.75, 3.05) is 14.2 Å². The van der Waals surface area contributed by atoms with Gasteiger partial charge in [0.2, 0.25) is 0 Å². The molecule has 0 saturated carbocycles. The van der Waals surface area contributed by atoms with E-state index in [4.69, 9.17) is 9.47 Å². The molecule has 0 rings (SSSR count). The monoisotopic (exact) mass is 312 g/mol. The normalized spacial score (nSPS) is 11.8. The highest BCUT2D eigenvalue weighted by atomic mass is 16.5. The van der Waals surface area contributed by atoms with Crippen LogP contribution in [0.4, 0.5) is 0 Å². The van der Waals surface area contributed by atoms with Gasteiger partial charge in [0, 0.05) is 11.1 Å². The average molecular weight is 312 g/mol. The third kappa shape index (κ3) is 8.20. The van der Waals surface area contributed by atoms with Crippen LogP contribution in [0, 0.1) is 0 Å². The van der Waals surface area contributed by atoms with Crippen molar-refractivity contribution in [2.45, 2.75) is 78.1 Å². The maximum Gasteiger partial charge on any atom is 0.334 e. The van der Waals surface area contributed by atoms with E-state index in [2.05, 4.69) is 13.8 Å². The maximum absolute atomic E-state index is 12.0. The predicted molar refractivity (Wildman–Crippen MR) is 88.6 cm³/mol. The molecule has 0 unspecified atom stereocenters. The third-order valence-electron chi connectivity index (χ3n) is 3.79. The van der Waals surface area contributed by atoms with Crippen molar-refractivity contribution in [1.82, 2.24) is 0 Å². The van der Waals surface area contributed by atoms with Gasteiger partial charge in [0.15, 0.2) is 0 Å². The second-order valence-electron chi connectivity index (χ2n) is 5.56. The molecule has 4 nitrogen and oxygen atoms in total. The quantitative estimate of drug-likeness (QED) is 0.301. The van der Waals surface area contributed by atoms with Crippen molar-refractivity contribution >= 4 is 11.9 Å². The van der Waals surface area contributed by atoms with Gasteiger partial charge in [-0.3, -0.25) is 0 Å². The van der Waals surface area contributed by atoms with Crippen LogP contribution in [0.3, 0.4) is 0 Å². The number of rotatable bonds is 12. The summed E-state index contributed by atoms with van der Waals surface area (Å²) in [6, 6.07) is 0. The highest BCUT2D eigenvalue weighted by Crippen LogP contribution is 2.22. The van der Waals surface area contributed by atoms with Crippen LogP contribution in [0.1, 0.15) is 78.1 Å². The number of hydrogen-bond donors (Lipinski definition) is 0. The highest BCUT2D eigenvalue weighted by Gasteiger charge is 2.21. The molecule has 0 atom stereocenters. The predicted octanol–water partition coefficient (Wildman–Crippen LogP) is 4.57. The largest absolute Gasteiger partial charge is 0.466 e. The van der Waals surface area contributed by atoms with Crippen molar-refractivity contribution < 1.29 is 19.1 Å². The number of carbonyl (C=O) groups excluding carboxylic acids is 2. The molecule has 0 aromatic carbocycles. The molecule has 4 heteroatoms. The van der Waals surface area contributed by atoms with E-state index in [1.807, 2.05) is 0 Å². The first kappa shape index (κ1) is 20.7. The molecule has 0 aliphatic carbocycles. The van der Waals surface area contributed by atoms with E-state index in [-0.39, 0.29) is 0 Å². The summed E-state index contributed by atoms with van der Waals surface area (Å²) in [6.07, 6.45) is 9.63. The zero-order chi connectivity index (χ0) is 16.8. The fourth-order valence-corrected chi connectivity index (χ4v) is 2.46. The zero-order valence-corrected chi connectivity index (χ0v) is 14.7. The molecule has 0 saturated heterocycles. The summed E-state index contributed by atoms with van der Waals surface area (Å²) in [7, 11) is 2.72. The lowest BCUT2D eigenvalue weighted by atomic mass is 9.96. The Hall–Kier alpha value is -1.32. The first-order valence-electron chi connectivity index (χ1n) is 8.50. The summed E-state index contributed by atoms with van der Waals surface area (Å²) in [4.78, 5) is 24.1. The summed E-state index contributed by atoms with van der Waals surface area (Å²) in [5.74, 6) is -0.792. The van der Waals surface area contributed by atoms with Crippen LogP contribution in [0.25, 0.3) is 0 Å². The molecular formula is C18H32O4. The molecule has 128 valence electrons. The van der Waals surface area contributed by atoms with E-state index in [0.29, 0.717) is 24.0 Å². The van der Waals surface area contributed by atoms with Gasteiger partial charge in [0.05, 0.1) is 14.2 Å². The molecule has 0 heterocycles. The molecule has 0 fully saturated rings. The van der Waals surface area contributed by atoms with Crippen molar-refractivity contribution in [2.24, 2.45) is 0 Å². The molecule has 0 aliphatic heterocycles. The van der Waals surface area contributed by atoms with Crippen molar-refractivity contribution in [3.8, 4) is 0 Å². The molecule has 0 amide bonds. The molecule has 0 aromatic rings. The van der Waals surface area contributed by atoms with Gasteiger partial charge in [0.1, 0.15) is 0 Å². The highest BCUT2D eigenvalue weighted by molar-refractivity contribution is 6.00. The zero-order valence-electron chi connectivity index (χ0n) is 14.7. The van der Waals surface area contributed by atoms with Gasteiger partial charge >= 0.3 is 11.9 Å². The van der Waals surface area contributed by atoms with Gasteiger partial charge < -0.3 is 9.47 Å².